The number of benzene rings is 2. The zero-order valence-corrected chi connectivity index (χ0v) is 11.7. The maximum atomic E-state index is 13.1. The monoisotopic (exact) mass is 312 g/mol. The Morgan fingerprint density at radius 2 is 1.85 bits per heavy atom. The SMILES string of the molecule is O=C(O)C(c1ccccc1)S(=O)c1ccc(F)c(Cl)c1. The molecule has 0 aliphatic carbocycles. The average molecular weight is 313 g/mol. The maximum absolute atomic E-state index is 13.1. The van der Waals surface area contributed by atoms with Crippen LogP contribution in [0.25, 0.3) is 0 Å². The van der Waals surface area contributed by atoms with Gasteiger partial charge in [0.1, 0.15) is 5.82 Å². The van der Waals surface area contributed by atoms with E-state index in [0.717, 1.165) is 6.07 Å². The first-order valence-electron chi connectivity index (χ1n) is 5.64. The normalized spacial score (nSPS) is 13.7. The number of carboxylic acids is 1. The van der Waals surface area contributed by atoms with Crippen molar-refractivity contribution in [2.75, 3.05) is 0 Å². The Bertz CT molecular complexity index is 661. The van der Waals surface area contributed by atoms with Crippen molar-refractivity contribution in [3.05, 3.63) is 64.9 Å². The largest absolute Gasteiger partial charge is 0.480 e. The van der Waals surface area contributed by atoms with Gasteiger partial charge < -0.3 is 5.11 Å². The van der Waals surface area contributed by atoms with Gasteiger partial charge in [-0.05, 0) is 23.8 Å². The summed E-state index contributed by atoms with van der Waals surface area (Å²) in [6.45, 7) is 0. The van der Waals surface area contributed by atoms with Crippen molar-refractivity contribution in [2.24, 2.45) is 0 Å². The molecular formula is C14H10ClFO3S. The third-order valence-electron chi connectivity index (χ3n) is 2.66. The predicted molar refractivity (Wildman–Crippen MR) is 74.6 cm³/mol. The quantitative estimate of drug-likeness (QED) is 0.941. The molecule has 2 aromatic carbocycles. The van der Waals surface area contributed by atoms with Crippen LogP contribution in [0.5, 0.6) is 0 Å². The minimum absolute atomic E-state index is 0.174. The summed E-state index contributed by atoms with van der Waals surface area (Å²) in [7, 11) is -1.87. The number of hydrogen-bond donors (Lipinski definition) is 1. The van der Waals surface area contributed by atoms with Crippen molar-refractivity contribution in [1.29, 1.82) is 0 Å². The molecule has 0 spiro atoms. The van der Waals surface area contributed by atoms with Gasteiger partial charge in [0.2, 0.25) is 0 Å². The molecule has 104 valence electrons. The molecule has 2 aromatic rings. The van der Waals surface area contributed by atoms with Gasteiger partial charge in [-0.3, -0.25) is 9.00 Å². The summed E-state index contributed by atoms with van der Waals surface area (Å²) in [6.07, 6.45) is 0. The first-order chi connectivity index (χ1) is 9.50. The zero-order chi connectivity index (χ0) is 14.7. The summed E-state index contributed by atoms with van der Waals surface area (Å²) >= 11 is 5.63. The lowest BCUT2D eigenvalue weighted by atomic mass is 10.1. The first-order valence-corrected chi connectivity index (χ1v) is 7.23. The number of hydrogen-bond acceptors (Lipinski definition) is 2. The molecule has 0 saturated carbocycles. The number of rotatable bonds is 4. The van der Waals surface area contributed by atoms with E-state index in [0.29, 0.717) is 5.56 Å². The summed E-state index contributed by atoms with van der Waals surface area (Å²) in [4.78, 5) is 11.5. The number of carbonyl (C=O) groups is 1. The van der Waals surface area contributed by atoms with E-state index in [9.17, 15) is 18.5 Å². The summed E-state index contributed by atoms with van der Waals surface area (Å²) in [5.41, 5.74) is 0.416. The highest BCUT2D eigenvalue weighted by atomic mass is 35.5. The summed E-state index contributed by atoms with van der Waals surface area (Å²) in [6, 6.07) is 11.8. The fourth-order valence-electron chi connectivity index (χ4n) is 1.72. The topological polar surface area (TPSA) is 54.4 Å². The lowest BCUT2D eigenvalue weighted by Crippen LogP contribution is -2.17. The molecule has 1 N–H and O–H groups in total. The van der Waals surface area contributed by atoms with E-state index in [2.05, 4.69) is 0 Å². The third-order valence-corrected chi connectivity index (χ3v) is 4.57. The van der Waals surface area contributed by atoms with Crippen molar-refractivity contribution < 1.29 is 18.5 Å². The summed E-state index contributed by atoms with van der Waals surface area (Å²) in [5.74, 6) is -1.85. The van der Waals surface area contributed by atoms with Gasteiger partial charge in [-0.15, -0.1) is 0 Å². The fourth-order valence-corrected chi connectivity index (χ4v) is 3.26. The molecule has 0 heterocycles. The van der Waals surface area contributed by atoms with Crippen molar-refractivity contribution in [2.45, 2.75) is 10.1 Å². The Hall–Kier alpha value is -1.72. The van der Waals surface area contributed by atoms with Crippen LogP contribution in [0.4, 0.5) is 4.39 Å². The molecule has 2 rings (SSSR count). The second-order valence-electron chi connectivity index (χ2n) is 4.00. The minimum atomic E-state index is -1.87. The summed E-state index contributed by atoms with van der Waals surface area (Å²) in [5, 5.41) is 7.87. The van der Waals surface area contributed by atoms with E-state index in [1.165, 1.54) is 12.1 Å². The average Bonchev–Trinajstić information content (AvgIpc) is 2.42. The van der Waals surface area contributed by atoms with Gasteiger partial charge in [0.05, 0.1) is 15.8 Å². The van der Waals surface area contributed by atoms with Gasteiger partial charge in [0.15, 0.2) is 5.25 Å². The highest BCUT2D eigenvalue weighted by Crippen LogP contribution is 2.27. The van der Waals surface area contributed by atoms with Crippen LogP contribution in [0.15, 0.2) is 53.4 Å². The van der Waals surface area contributed by atoms with Gasteiger partial charge in [0.25, 0.3) is 0 Å². The summed E-state index contributed by atoms with van der Waals surface area (Å²) < 4.78 is 25.5. The van der Waals surface area contributed by atoms with Crippen LogP contribution < -0.4 is 0 Å². The molecular weight excluding hydrogens is 303 g/mol. The number of halogens is 2. The van der Waals surface area contributed by atoms with Gasteiger partial charge in [-0.1, -0.05) is 41.9 Å². The zero-order valence-electron chi connectivity index (χ0n) is 10.1. The molecule has 0 radical (unpaired) electrons. The van der Waals surface area contributed by atoms with Crippen LogP contribution in [0.2, 0.25) is 5.02 Å². The molecule has 0 fully saturated rings. The van der Waals surface area contributed by atoms with E-state index < -0.39 is 27.8 Å². The molecule has 0 aliphatic heterocycles. The molecule has 0 aliphatic rings. The Morgan fingerprint density at radius 1 is 1.20 bits per heavy atom. The molecule has 2 unspecified atom stereocenters. The highest BCUT2D eigenvalue weighted by molar-refractivity contribution is 7.86. The van der Waals surface area contributed by atoms with Crippen LogP contribution >= 0.6 is 11.6 Å². The molecule has 6 heteroatoms. The first kappa shape index (κ1) is 14.7. The van der Waals surface area contributed by atoms with Crippen molar-refractivity contribution in [3.8, 4) is 0 Å². The molecule has 3 nitrogen and oxygen atoms in total. The van der Waals surface area contributed by atoms with Gasteiger partial charge in [-0.25, -0.2) is 4.39 Å². The van der Waals surface area contributed by atoms with Gasteiger partial charge >= 0.3 is 5.97 Å². The van der Waals surface area contributed by atoms with E-state index >= 15 is 0 Å². The van der Waals surface area contributed by atoms with Crippen LogP contribution in [0.3, 0.4) is 0 Å². The highest BCUT2D eigenvalue weighted by Gasteiger charge is 2.28. The Balaban J connectivity index is 2.42. The van der Waals surface area contributed by atoms with E-state index in [-0.39, 0.29) is 9.92 Å². The standard InChI is InChI=1S/C14H10ClFO3S/c15-11-8-10(6-7-12(11)16)20(19)13(14(17)18)9-4-2-1-3-5-9/h1-8,13H,(H,17,18). The Labute approximate surface area is 122 Å². The molecule has 0 bridgehead atoms. The number of aliphatic carboxylic acids is 1. The van der Waals surface area contributed by atoms with Crippen LogP contribution in [0, 0.1) is 5.82 Å². The van der Waals surface area contributed by atoms with Crippen LogP contribution in [-0.4, -0.2) is 15.3 Å². The van der Waals surface area contributed by atoms with Crippen molar-refractivity contribution in [1.82, 2.24) is 0 Å². The van der Waals surface area contributed by atoms with E-state index in [1.807, 2.05) is 0 Å². The lowest BCUT2D eigenvalue weighted by molar-refractivity contribution is -0.136. The molecule has 0 aromatic heterocycles. The third kappa shape index (κ3) is 3.05. The van der Waals surface area contributed by atoms with Crippen LogP contribution in [0.1, 0.15) is 10.8 Å². The van der Waals surface area contributed by atoms with Crippen molar-refractivity contribution in [3.63, 3.8) is 0 Å². The fraction of sp³-hybridized carbons (Fsp3) is 0.0714. The van der Waals surface area contributed by atoms with E-state index in [4.69, 9.17) is 11.6 Å². The molecule has 0 saturated heterocycles. The Kier molecular flexibility index (Phi) is 4.52. The van der Waals surface area contributed by atoms with Gasteiger partial charge in [-0.2, -0.15) is 0 Å². The smallest absolute Gasteiger partial charge is 0.324 e. The van der Waals surface area contributed by atoms with Gasteiger partial charge in [0, 0.05) is 4.90 Å². The second kappa shape index (κ2) is 6.15. The molecule has 0 amide bonds. The lowest BCUT2D eigenvalue weighted by Gasteiger charge is -2.13. The maximum Gasteiger partial charge on any atom is 0.324 e. The van der Waals surface area contributed by atoms with E-state index in [1.54, 1.807) is 30.3 Å². The molecule has 20 heavy (non-hydrogen) atoms. The predicted octanol–water partition coefficient (Wildman–Crippen LogP) is 3.41. The second-order valence-corrected chi connectivity index (χ2v) is 5.95. The minimum Gasteiger partial charge on any atom is -0.480 e. The van der Waals surface area contributed by atoms with Crippen LogP contribution in [-0.2, 0) is 15.6 Å². The molecule has 2 atom stereocenters. The Morgan fingerprint density at radius 3 is 2.40 bits per heavy atom. The van der Waals surface area contributed by atoms with Crippen molar-refractivity contribution >= 4 is 28.4 Å². The number of carboxylic acid groups (broad SMARTS) is 1.